The number of fused-ring (bicyclic) bond motifs is 4. The molecule has 1 saturated heterocycles. The summed E-state index contributed by atoms with van der Waals surface area (Å²) in [6, 6.07) is 8.66. The van der Waals surface area contributed by atoms with E-state index in [-0.39, 0.29) is 40.8 Å². The van der Waals surface area contributed by atoms with E-state index in [4.69, 9.17) is 0 Å². The lowest BCUT2D eigenvalue weighted by Gasteiger charge is -2.47. The van der Waals surface area contributed by atoms with Gasteiger partial charge in [0, 0.05) is 43.0 Å². The Morgan fingerprint density at radius 2 is 2.12 bits per heavy atom. The quantitative estimate of drug-likeness (QED) is 0.920. The summed E-state index contributed by atoms with van der Waals surface area (Å²) in [7, 11) is 0. The van der Waals surface area contributed by atoms with E-state index in [1.165, 1.54) is 12.3 Å². The Morgan fingerprint density at radius 1 is 1.27 bits per heavy atom. The molecule has 0 radical (unpaired) electrons. The molecule has 1 N–H and O–H groups in total. The van der Waals surface area contributed by atoms with Gasteiger partial charge in [-0.2, -0.15) is 0 Å². The van der Waals surface area contributed by atoms with Crippen LogP contribution >= 0.6 is 0 Å². The van der Waals surface area contributed by atoms with E-state index in [2.05, 4.69) is 11.9 Å². The van der Waals surface area contributed by atoms with Crippen molar-refractivity contribution in [1.82, 2.24) is 14.5 Å². The van der Waals surface area contributed by atoms with E-state index < -0.39 is 0 Å². The zero-order valence-electron chi connectivity index (χ0n) is 14.8. The predicted molar refractivity (Wildman–Crippen MR) is 97.3 cm³/mol. The van der Waals surface area contributed by atoms with Gasteiger partial charge in [0.1, 0.15) is 5.75 Å². The fraction of sp³-hybridized carbons (Fsp3) is 0.450. The Morgan fingerprint density at radius 3 is 2.88 bits per heavy atom. The van der Waals surface area contributed by atoms with Crippen molar-refractivity contribution in [2.24, 2.45) is 5.92 Å². The summed E-state index contributed by atoms with van der Waals surface area (Å²) < 4.78 is 1.96. The van der Waals surface area contributed by atoms with Crippen molar-refractivity contribution in [2.45, 2.75) is 38.1 Å². The van der Waals surface area contributed by atoms with Gasteiger partial charge in [-0.25, -0.2) is 4.98 Å². The van der Waals surface area contributed by atoms with E-state index in [1.807, 2.05) is 16.7 Å². The summed E-state index contributed by atoms with van der Waals surface area (Å²) in [5.41, 5.74) is 1.18. The van der Waals surface area contributed by atoms with E-state index in [0.717, 1.165) is 25.0 Å². The maximum atomic E-state index is 12.9. The Hall–Kier alpha value is -2.63. The first kappa shape index (κ1) is 16.8. The second-order valence-corrected chi connectivity index (χ2v) is 7.29. The number of aromatic nitrogens is 2. The lowest BCUT2D eigenvalue weighted by atomic mass is 9.77. The molecule has 0 saturated carbocycles. The highest BCUT2D eigenvalue weighted by atomic mass is 16.3. The first-order valence-corrected chi connectivity index (χ1v) is 9.24. The smallest absolute Gasteiger partial charge is 0.276 e. The standard InChI is InChI=1S/C20H23N3O3/c1-2-5-15-13-10-14(16-6-3-8-18(25)23(15)16)12-22(11-13)20(26)19-17(24)7-4-9-21-19/h3-4,6-9,13-15,24H,2,5,10-12H2,1H3/t13-,14+,15-/m0/s1. The van der Waals surface area contributed by atoms with Crippen LogP contribution in [0.4, 0.5) is 0 Å². The van der Waals surface area contributed by atoms with E-state index >= 15 is 0 Å². The first-order chi connectivity index (χ1) is 12.6. The van der Waals surface area contributed by atoms with Crippen molar-refractivity contribution in [3.63, 3.8) is 0 Å². The third-order valence-corrected chi connectivity index (χ3v) is 5.66. The molecule has 26 heavy (non-hydrogen) atoms. The average Bonchev–Trinajstić information content (AvgIpc) is 2.65. The number of hydrogen-bond acceptors (Lipinski definition) is 4. The van der Waals surface area contributed by atoms with Crippen LogP contribution in [0.1, 0.15) is 54.3 Å². The predicted octanol–water partition coefficient (Wildman–Crippen LogP) is 2.55. The second-order valence-electron chi connectivity index (χ2n) is 7.29. The minimum Gasteiger partial charge on any atom is -0.505 e. The summed E-state index contributed by atoms with van der Waals surface area (Å²) >= 11 is 0. The molecule has 0 unspecified atom stereocenters. The van der Waals surface area contributed by atoms with Crippen LogP contribution in [0.25, 0.3) is 0 Å². The summed E-state index contributed by atoms with van der Waals surface area (Å²) in [4.78, 5) is 31.3. The zero-order chi connectivity index (χ0) is 18.3. The van der Waals surface area contributed by atoms with Crippen molar-refractivity contribution >= 4 is 5.91 Å². The van der Waals surface area contributed by atoms with Gasteiger partial charge in [-0.3, -0.25) is 9.59 Å². The number of rotatable bonds is 3. The van der Waals surface area contributed by atoms with Gasteiger partial charge in [0.2, 0.25) is 0 Å². The fourth-order valence-corrected chi connectivity index (χ4v) is 4.58. The first-order valence-electron chi connectivity index (χ1n) is 9.24. The Balaban J connectivity index is 1.70. The van der Waals surface area contributed by atoms with Crippen molar-refractivity contribution in [3.05, 3.63) is 58.3 Å². The zero-order valence-corrected chi connectivity index (χ0v) is 14.8. The summed E-state index contributed by atoms with van der Waals surface area (Å²) in [5.74, 6) is 0.0661. The number of amides is 1. The van der Waals surface area contributed by atoms with Crippen LogP contribution in [0.15, 0.2) is 41.3 Å². The summed E-state index contributed by atoms with van der Waals surface area (Å²) in [6.07, 6.45) is 4.42. The number of carbonyl (C=O) groups excluding carboxylic acids is 1. The highest BCUT2D eigenvalue weighted by Gasteiger charge is 2.41. The number of pyridine rings is 2. The Bertz CT molecular complexity index is 892. The molecule has 0 spiro atoms. The monoisotopic (exact) mass is 353 g/mol. The largest absolute Gasteiger partial charge is 0.505 e. The summed E-state index contributed by atoms with van der Waals surface area (Å²) in [5, 5.41) is 9.99. The molecular weight excluding hydrogens is 330 g/mol. The van der Waals surface area contributed by atoms with Crippen molar-refractivity contribution in [1.29, 1.82) is 0 Å². The number of nitrogens with zero attached hydrogens (tertiary/aromatic N) is 3. The van der Waals surface area contributed by atoms with Gasteiger partial charge >= 0.3 is 0 Å². The number of piperidine rings is 1. The van der Waals surface area contributed by atoms with Crippen molar-refractivity contribution < 1.29 is 9.90 Å². The van der Waals surface area contributed by atoms with Gasteiger partial charge in [-0.1, -0.05) is 19.4 Å². The van der Waals surface area contributed by atoms with Crippen LogP contribution in [0.3, 0.4) is 0 Å². The Labute approximate surface area is 152 Å². The van der Waals surface area contributed by atoms with Gasteiger partial charge in [-0.15, -0.1) is 0 Å². The molecule has 6 heteroatoms. The number of carbonyl (C=O) groups is 1. The van der Waals surface area contributed by atoms with E-state index in [1.54, 1.807) is 17.0 Å². The molecule has 4 heterocycles. The third kappa shape index (κ3) is 2.69. The molecule has 2 aromatic rings. The molecular formula is C20H23N3O3. The number of likely N-dealkylation sites (tertiary alicyclic amines) is 1. The van der Waals surface area contributed by atoms with E-state index in [9.17, 15) is 14.7 Å². The molecule has 4 rings (SSSR count). The van der Waals surface area contributed by atoms with Crippen LogP contribution in [-0.2, 0) is 0 Å². The molecule has 136 valence electrons. The molecule has 0 aliphatic carbocycles. The minimum atomic E-state index is -0.236. The fourth-order valence-electron chi connectivity index (χ4n) is 4.58. The minimum absolute atomic E-state index is 0.0535. The van der Waals surface area contributed by atoms with Gasteiger partial charge in [0.15, 0.2) is 5.69 Å². The molecule has 2 aliphatic heterocycles. The Kier molecular flexibility index (Phi) is 4.26. The maximum Gasteiger partial charge on any atom is 0.276 e. The molecule has 1 fully saturated rings. The molecule has 2 aromatic heterocycles. The molecule has 6 nitrogen and oxygen atoms in total. The molecule has 2 aliphatic rings. The molecule has 3 atom stereocenters. The van der Waals surface area contributed by atoms with Crippen molar-refractivity contribution in [2.75, 3.05) is 13.1 Å². The third-order valence-electron chi connectivity index (χ3n) is 5.66. The van der Waals surface area contributed by atoms with Crippen LogP contribution in [0, 0.1) is 5.92 Å². The van der Waals surface area contributed by atoms with Gasteiger partial charge < -0.3 is 14.6 Å². The van der Waals surface area contributed by atoms with E-state index in [0.29, 0.717) is 13.1 Å². The van der Waals surface area contributed by atoms with Gasteiger partial charge in [0.25, 0.3) is 11.5 Å². The molecule has 0 aromatic carbocycles. The summed E-state index contributed by atoms with van der Waals surface area (Å²) in [6.45, 7) is 3.27. The van der Waals surface area contributed by atoms with Crippen LogP contribution in [0.2, 0.25) is 0 Å². The highest BCUT2D eigenvalue weighted by molar-refractivity contribution is 5.94. The number of aromatic hydroxyl groups is 1. The maximum absolute atomic E-state index is 12.9. The van der Waals surface area contributed by atoms with Crippen molar-refractivity contribution in [3.8, 4) is 5.75 Å². The second kappa shape index (κ2) is 6.59. The average molecular weight is 353 g/mol. The normalized spacial score (nSPS) is 24.2. The van der Waals surface area contributed by atoms with Crippen LogP contribution in [0.5, 0.6) is 5.75 Å². The van der Waals surface area contributed by atoms with Crippen LogP contribution < -0.4 is 5.56 Å². The lowest BCUT2D eigenvalue weighted by molar-refractivity contribution is 0.0510. The van der Waals surface area contributed by atoms with Gasteiger partial charge in [0.05, 0.1) is 0 Å². The topological polar surface area (TPSA) is 75.4 Å². The van der Waals surface area contributed by atoms with Crippen LogP contribution in [-0.4, -0.2) is 38.6 Å². The van der Waals surface area contributed by atoms with Gasteiger partial charge in [-0.05, 0) is 37.0 Å². The molecule has 1 amide bonds. The lowest BCUT2D eigenvalue weighted by Crippen LogP contribution is -2.51. The highest BCUT2D eigenvalue weighted by Crippen LogP contribution is 2.43. The molecule has 2 bridgehead atoms. The number of hydrogen-bond donors (Lipinski definition) is 1. The SMILES string of the molecule is CCC[C@H]1[C@H]2C[C@H](CN(C(=O)c3ncccc3O)C2)c2cccc(=O)n21.